The van der Waals surface area contributed by atoms with Crippen molar-refractivity contribution in [2.45, 2.75) is 0 Å². The van der Waals surface area contributed by atoms with Crippen LogP contribution in [0.4, 0.5) is 9.52 Å². The van der Waals surface area contributed by atoms with Crippen LogP contribution in [0.3, 0.4) is 0 Å². The molecule has 8 heteroatoms. The minimum Gasteiger partial charge on any atom is -0.266 e. The highest BCUT2D eigenvalue weighted by Crippen LogP contribution is 2.31. The average Bonchev–Trinajstić information content (AvgIpc) is 3.21. The van der Waals surface area contributed by atoms with Crippen LogP contribution < -0.4 is 0 Å². The Hall–Kier alpha value is -2.64. The molecule has 24 heavy (non-hydrogen) atoms. The van der Waals surface area contributed by atoms with Gasteiger partial charge in [0.25, 0.3) is 0 Å². The van der Waals surface area contributed by atoms with Crippen LogP contribution in [-0.4, -0.2) is 26.6 Å². The summed E-state index contributed by atoms with van der Waals surface area (Å²) in [7, 11) is 0. The number of aromatic amines is 1. The number of aliphatic imine (C=N–C) groups is 1. The molecule has 0 aliphatic carbocycles. The number of nitrogens with zero attached hydrogens (tertiary/aromatic N) is 4. The van der Waals surface area contributed by atoms with Crippen LogP contribution in [0.2, 0.25) is 5.15 Å². The predicted octanol–water partition coefficient (Wildman–Crippen LogP) is 4.62. The second-order valence-corrected chi connectivity index (χ2v) is 6.30. The second-order valence-electron chi connectivity index (χ2n) is 4.97. The Balaban J connectivity index is 1.60. The van der Waals surface area contributed by atoms with Crippen LogP contribution in [0.25, 0.3) is 21.5 Å². The summed E-state index contributed by atoms with van der Waals surface area (Å²) >= 11 is 7.36. The van der Waals surface area contributed by atoms with Crippen LogP contribution >= 0.6 is 22.9 Å². The summed E-state index contributed by atoms with van der Waals surface area (Å²) in [6.07, 6.45) is 1.63. The Morgan fingerprint density at radius 1 is 1.12 bits per heavy atom. The second kappa shape index (κ2) is 6.10. The van der Waals surface area contributed by atoms with Gasteiger partial charge < -0.3 is 0 Å². The first kappa shape index (κ1) is 14.9. The van der Waals surface area contributed by atoms with E-state index in [1.807, 2.05) is 18.2 Å². The fraction of sp³-hybridized carbons (Fsp3) is 0. The Bertz CT molecular complexity index is 1040. The maximum atomic E-state index is 12.9. The van der Waals surface area contributed by atoms with Crippen LogP contribution in [0.1, 0.15) is 5.56 Å². The van der Waals surface area contributed by atoms with Gasteiger partial charge in [-0.1, -0.05) is 41.1 Å². The lowest BCUT2D eigenvalue weighted by Gasteiger charge is -1.94. The van der Waals surface area contributed by atoms with Crippen molar-refractivity contribution in [1.29, 1.82) is 0 Å². The molecule has 0 amide bonds. The molecule has 0 unspecified atom stereocenters. The van der Waals surface area contributed by atoms with Crippen molar-refractivity contribution in [3.63, 3.8) is 0 Å². The van der Waals surface area contributed by atoms with Gasteiger partial charge in [-0.2, -0.15) is 5.10 Å². The number of aromatic nitrogens is 4. The van der Waals surface area contributed by atoms with Gasteiger partial charge in [-0.3, -0.25) is 5.10 Å². The minimum absolute atomic E-state index is 0.279. The van der Waals surface area contributed by atoms with Gasteiger partial charge in [-0.25, -0.2) is 9.38 Å². The van der Waals surface area contributed by atoms with Gasteiger partial charge in [0.15, 0.2) is 0 Å². The predicted molar refractivity (Wildman–Crippen MR) is 93.7 cm³/mol. The molecule has 0 spiro atoms. The molecular weight excluding hydrogens is 349 g/mol. The highest BCUT2D eigenvalue weighted by Gasteiger charge is 2.09. The maximum Gasteiger partial charge on any atom is 0.231 e. The van der Waals surface area contributed by atoms with E-state index in [1.54, 1.807) is 18.3 Å². The third kappa shape index (κ3) is 2.91. The van der Waals surface area contributed by atoms with E-state index < -0.39 is 0 Å². The molecule has 5 nitrogen and oxygen atoms in total. The van der Waals surface area contributed by atoms with Gasteiger partial charge in [-0.15, -0.1) is 10.2 Å². The van der Waals surface area contributed by atoms with Gasteiger partial charge in [0.05, 0.1) is 5.52 Å². The van der Waals surface area contributed by atoms with Crippen molar-refractivity contribution < 1.29 is 4.39 Å². The quantitative estimate of drug-likeness (QED) is 0.544. The first-order valence-electron chi connectivity index (χ1n) is 6.96. The molecule has 2 aromatic carbocycles. The highest BCUT2D eigenvalue weighted by molar-refractivity contribution is 7.18. The van der Waals surface area contributed by atoms with Crippen molar-refractivity contribution in [2.24, 2.45) is 4.99 Å². The summed E-state index contributed by atoms with van der Waals surface area (Å²) in [6.45, 7) is 0. The van der Waals surface area contributed by atoms with Crippen LogP contribution in [0, 0.1) is 5.82 Å². The lowest BCUT2D eigenvalue weighted by Crippen LogP contribution is -1.80. The number of hydrogen-bond acceptors (Lipinski definition) is 5. The number of benzene rings is 2. The molecular formula is C16H9ClFN5S. The lowest BCUT2D eigenvalue weighted by atomic mass is 10.2. The Labute approximate surface area is 144 Å². The fourth-order valence-corrected chi connectivity index (χ4v) is 3.06. The summed E-state index contributed by atoms with van der Waals surface area (Å²) in [6, 6.07) is 11.8. The Morgan fingerprint density at radius 3 is 2.79 bits per heavy atom. The fourth-order valence-electron chi connectivity index (χ4n) is 2.18. The molecule has 0 saturated heterocycles. The molecule has 118 valence electrons. The van der Waals surface area contributed by atoms with E-state index in [1.165, 1.54) is 23.5 Å². The number of rotatable bonds is 3. The van der Waals surface area contributed by atoms with E-state index in [9.17, 15) is 4.39 Å². The summed E-state index contributed by atoms with van der Waals surface area (Å²) in [4.78, 5) is 4.27. The largest absolute Gasteiger partial charge is 0.266 e. The van der Waals surface area contributed by atoms with Crippen LogP contribution in [0.15, 0.2) is 47.5 Å². The van der Waals surface area contributed by atoms with Crippen molar-refractivity contribution in [3.05, 3.63) is 59.0 Å². The van der Waals surface area contributed by atoms with Crippen molar-refractivity contribution in [3.8, 4) is 10.6 Å². The number of fused-ring (bicyclic) bond motifs is 1. The van der Waals surface area contributed by atoms with Crippen molar-refractivity contribution in [2.75, 3.05) is 0 Å². The van der Waals surface area contributed by atoms with E-state index in [-0.39, 0.29) is 5.82 Å². The van der Waals surface area contributed by atoms with Gasteiger partial charge >= 0.3 is 0 Å². The van der Waals surface area contributed by atoms with Gasteiger partial charge in [-0.05, 0) is 29.8 Å². The van der Waals surface area contributed by atoms with Gasteiger partial charge in [0.2, 0.25) is 5.13 Å². The molecule has 4 aromatic rings. The van der Waals surface area contributed by atoms with E-state index >= 15 is 0 Å². The monoisotopic (exact) mass is 357 g/mol. The Morgan fingerprint density at radius 2 is 1.96 bits per heavy atom. The van der Waals surface area contributed by atoms with Gasteiger partial charge in [0.1, 0.15) is 16.0 Å². The Kier molecular flexibility index (Phi) is 3.79. The summed E-state index contributed by atoms with van der Waals surface area (Å²) in [5.41, 5.74) is 2.45. The van der Waals surface area contributed by atoms with Crippen LogP contribution in [0.5, 0.6) is 0 Å². The molecule has 2 heterocycles. The molecule has 1 N–H and O–H groups in total. The van der Waals surface area contributed by atoms with E-state index in [2.05, 4.69) is 25.4 Å². The lowest BCUT2D eigenvalue weighted by molar-refractivity contribution is 0.628. The topological polar surface area (TPSA) is 66.8 Å². The third-order valence-electron chi connectivity index (χ3n) is 3.36. The maximum absolute atomic E-state index is 12.9. The summed E-state index contributed by atoms with van der Waals surface area (Å²) in [5, 5.41) is 17.7. The molecule has 0 atom stereocenters. The molecule has 2 aromatic heterocycles. The molecule has 0 saturated carbocycles. The summed E-state index contributed by atoms with van der Waals surface area (Å²) in [5.74, 6) is -0.279. The molecule has 0 radical (unpaired) electrons. The van der Waals surface area contributed by atoms with E-state index in [4.69, 9.17) is 11.6 Å². The zero-order valence-corrected chi connectivity index (χ0v) is 13.6. The van der Waals surface area contributed by atoms with E-state index in [0.717, 1.165) is 27.0 Å². The molecule has 0 aliphatic heterocycles. The van der Waals surface area contributed by atoms with Crippen LogP contribution in [-0.2, 0) is 0 Å². The smallest absolute Gasteiger partial charge is 0.231 e. The summed E-state index contributed by atoms with van der Waals surface area (Å²) < 4.78 is 12.9. The first-order chi connectivity index (χ1) is 11.7. The van der Waals surface area contributed by atoms with Crippen molar-refractivity contribution >= 4 is 45.2 Å². The highest BCUT2D eigenvalue weighted by atomic mass is 35.5. The number of nitrogens with one attached hydrogen (secondary N) is 1. The zero-order valence-electron chi connectivity index (χ0n) is 12.1. The standard InChI is InChI=1S/C16H9ClFN5S/c17-14-12-6-3-10(7-13(12)20-21-14)15-22-23-16(24-15)19-8-9-1-4-11(18)5-2-9/h1-8H,(H,20,21)/b19-8+. The number of H-pyrrole nitrogens is 1. The van der Waals surface area contributed by atoms with Gasteiger partial charge in [0, 0.05) is 17.2 Å². The SMILES string of the molecule is Fc1ccc(/C=N/c2nnc(-c3ccc4c(Cl)[nH]nc4c3)s2)cc1. The zero-order chi connectivity index (χ0) is 16.5. The van der Waals surface area contributed by atoms with Crippen molar-refractivity contribution in [1.82, 2.24) is 20.4 Å². The molecule has 0 aliphatic rings. The normalized spacial score (nSPS) is 11.6. The molecule has 0 bridgehead atoms. The average molecular weight is 358 g/mol. The number of hydrogen-bond donors (Lipinski definition) is 1. The third-order valence-corrected chi connectivity index (χ3v) is 4.53. The minimum atomic E-state index is -0.279. The van der Waals surface area contributed by atoms with E-state index in [0.29, 0.717) is 10.3 Å². The first-order valence-corrected chi connectivity index (χ1v) is 8.15. The molecule has 0 fully saturated rings. The molecule has 4 rings (SSSR count). The number of halogens is 2.